The van der Waals surface area contributed by atoms with Gasteiger partial charge in [-0.1, -0.05) is 72.8 Å². The maximum Gasteiger partial charge on any atom is 0.193 e. The van der Waals surface area contributed by atoms with Crippen LogP contribution in [0.1, 0.15) is 38.7 Å². The van der Waals surface area contributed by atoms with Crippen molar-refractivity contribution in [3.05, 3.63) is 107 Å². The predicted molar refractivity (Wildman–Crippen MR) is 92.7 cm³/mol. The number of hydrogen-bond donors (Lipinski definition) is 2. The van der Waals surface area contributed by atoms with E-state index in [1.165, 1.54) is 0 Å². The number of carbonyl (C=O) groups excluding carboxylic acids is 1. The van der Waals surface area contributed by atoms with E-state index in [-0.39, 0.29) is 12.4 Å². The Balaban J connectivity index is 1.91. The molecule has 120 valence electrons. The first-order valence-electron chi connectivity index (χ1n) is 7.76. The van der Waals surface area contributed by atoms with Crippen molar-refractivity contribution in [1.82, 2.24) is 0 Å². The normalized spacial score (nSPS) is 11.9. The van der Waals surface area contributed by atoms with Crippen LogP contribution in [-0.2, 0) is 6.61 Å². The highest BCUT2D eigenvalue weighted by atomic mass is 16.3. The van der Waals surface area contributed by atoms with Gasteiger partial charge in [0.25, 0.3) is 0 Å². The first kappa shape index (κ1) is 16.1. The summed E-state index contributed by atoms with van der Waals surface area (Å²) in [5, 5.41) is 19.8. The summed E-state index contributed by atoms with van der Waals surface area (Å²) in [4.78, 5) is 12.5. The van der Waals surface area contributed by atoms with Crippen LogP contribution in [0.5, 0.6) is 0 Å². The molecular weight excluding hydrogens is 300 g/mol. The Morgan fingerprint density at radius 3 is 2.12 bits per heavy atom. The highest BCUT2D eigenvalue weighted by molar-refractivity contribution is 6.09. The zero-order valence-electron chi connectivity index (χ0n) is 13.1. The van der Waals surface area contributed by atoms with Gasteiger partial charge in [-0.2, -0.15) is 0 Å². The summed E-state index contributed by atoms with van der Waals surface area (Å²) in [6.45, 7) is -0.0763. The highest BCUT2D eigenvalue weighted by Gasteiger charge is 2.14. The monoisotopic (exact) mass is 318 g/mol. The Labute approximate surface area is 140 Å². The molecule has 0 aliphatic heterocycles. The van der Waals surface area contributed by atoms with Gasteiger partial charge in [-0.05, 0) is 22.8 Å². The third-order valence-electron chi connectivity index (χ3n) is 3.95. The molecule has 3 nitrogen and oxygen atoms in total. The van der Waals surface area contributed by atoms with Gasteiger partial charge in [0.1, 0.15) is 6.10 Å². The van der Waals surface area contributed by atoms with E-state index in [4.69, 9.17) is 0 Å². The Kier molecular flexibility index (Phi) is 4.85. The maximum absolute atomic E-state index is 12.5. The van der Waals surface area contributed by atoms with E-state index in [1.54, 1.807) is 60.7 Å². The Bertz CT molecular complexity index is 840. The summed E-state index contributed by atoms with van der Waals surface area (Å²) in [6.07, 6.45) is -0.847. The van der Waals surface area contributed by atoms with Crippen molar-refractivity contribution >= 4 is 5.78 Å². The number of benzene rings is 3. The fourth-order valence-corrected chi connectivity index (χ4v) is 2.66. The van der Waals surface area contributed by atoms with Crippen molar-refractivity contribution in [1.29, 1.82) is 0 Å². The van der Waals surface area contributed by atoms with Gasteiger partial charge in [-0.25, -0.2) is 0 Å². The number of ketones is 1. The van der Waals surface area contributed by atoms with Crippen LogP contribution in [0.3, 0.4) is 0 Å². The van der Waals surface area contributed by atoms with Crippen molar-refractivity contribution in [2.75, 3.05) is 0 Å². The molecule has 0 aliphatic rings. The van der Waals surface area contributed by atoms with Crippen LogP contribution in [0, 0.1) is 0 Å². The quantitative estimate of drug-likeness (QED) is 0.708. The lowest BCUT2D eigenvalue weighted by molar-refractivity contribution is 0.103. The largest absolute Gasteiger partial charge is 0.392 e. The van der Waals surface area contributed by atoms with Crippen LogP contribution in [0.15, 0.2) is 78.9 Å². The number of aliphatic hydroxyl groups excluding tert-OH is 2. The molecule has 0 heterocycles. The summed E-state index contributed by atoms with van der Waals surface area (Å²) >= 11 is 0. The van der Waals surface area contributed by atoms with Crippen LogP contribution in [0.2, 0.25) is 0 Å². The number of carbonyl (C=O) groups is 1. The molecule has 0 amide bonds. The fourth-order valence-electron chi connectivity index (χ4n) is 2.66. The van der Waals surface area contributed by atoms with Gasteiger partial charge >= 0.3 is 0 Å². The molecule has 0 fully saturated rings. The Hall–Kier alpha value is -2.75. The topological polar surface area (TPSA) is 57.5 Å². The van der Waals surface area contributed by atoms with Gasteiger partial charge in [-0.15, -0.1) is 0 Å². The molecule has 0 aliphatic carbocycles. The average molecular weight is 318 g/mol. The fraction of sp³-hybridized carbons (Fsp3) is 0.0952. The first-order valence-corrected chi connectivity index (χ1v) is 7.76. The zero-order valence-corrected chi connectivity index (χ0v) is 13.1. The molecule has 3 aromatic rings. The number of rotatable bonds is 5. The molecule has 2 N–H and O–H groups in total. The van der Waals surface area contributed by atoms with Crippen LogP contribution in [0.25, 0.3) is 0 Å². The van der Waals surface area contributed by atoms with E-state index in [1.807, 2.05) is 18.2 Å². The summed E-state index contributed by atoms with van der Waals surface area (Å²) in [5.41, 5.74) is 3.23. The lowest BCUT2D eigenvalue weighted by Crippen LogP contribution is -2.05. The predicted octanol–water partition coefficient (Wildman–Crippen LogP) is 3.49. The van der Waals surface area contributed by atoms with Crippen LogP contribution in [0.4, 0.5) is 0 Å². The second-order valence-corrected chi connectivity index (χ2v) is 5.63. The molecule has 0 saturated carbocycles. The molecule has 0 bridgehead atoms. The first-order chi connectivity index (χ1) is 11.7. The summed E-state index contributed by atoms with van der Waals surface area (Å²) in [6, 6.07) is 23.2. The van der Waals surface area contributed by atoms with Gasteiger partial charge < -0.3 is 10.2 Å². The molecule has 0 aromatic heterocycles. The molecular formula is C21H18O3. The minimum atomic E-state index is -0.847. The third kappa shape index (κ3) is 3.43. The van der Waals surface area contributed by atoms with Crippen LogP contribution >= 0.6 is 0 Å². The van der Waals surface area contributed by atoms with Gasteiger partial charge in [0.2, 0.25) is 0 Å². The molecule has 1 unspecified atom stereocenters. The smallest absolute Gasteiger partial charge is 0.193 e. The van der Waals surface area contributed by atoms with Gasteiger partial charge in [0.05, 0.1) is 6.61 Å². The Morgan fingerprint density at radius 1 is 0.792 bits per heavy atom. The van der Waals surface area contributed by atoms with Crippen molar-refractivity contribution in [3.63, 3.8) is 0 Å². The molecule has 1 atom stereocenters. The van der Waals surface area contributed by atoms with Gasteiger partial charge in [0, 0.05) is 11.1 Å². The van der Waals surface area contributed by atoms with Crippen molar-refractivity contribution in [3.8, 4) is 0 Å². The SMILES string of the molecule is O=C(c1ccccc1)c1cccc(C(O)c2cccc(CO)c2)c1. The summed E-state index contributed by atoms with van der Waals surface area (Å²) < 4.78 is 0. The van der Waals surface area contributed by atoms with E-state index in [0.717, 1.165) is 5.56 Å². The molecule has 3 heteroatoms. The van der Waals surface area contributed by atoms with E-state index in [0.29, 0.717) is 22.3 Å². The van der Waals surface area contributed by atoms with Crippen LogP contribution in [-0.4, -0.2) is 16.0 Å². The maximum atomic E-state index is 12.5. The van der Waals surface area contributed by atoms with Crippen molar-refractivity contribution in [2.24, 2.45) is 0 Å². The molecule has 0 saturated heterocycles. The van der Waals surface area contributed by atoms with E-state index in [2.05, 4.69) is 0 Å². The molecule has 0 spiro atoms. The minimum absolute atomic E-state index is 0.0752. The second kappa shape index (κ2) is 7.21. The minimum Gasteiger partial charge on any atom is -0.392 e. The average Bonchev–Trinajstić information content (AvgIpc) is 2.67. The number of aliphatic hydroxyl groups is 2. The summed E-state index contributed by atoms with van der Waals surface area (Å²) in [7, 11) is 0. The third-order valence-corrected chi connectivity index (χ3v) is 3.95. The molecule has 3 aromatic carbocycles. The molecule has 3 rings (SSSR count). The van der Waals surface area contributed by atoms with Crippen LogP contribution < -0.4 is 0 Å². The zero-order chi connectivity index (χ0) is 16.9. The van der Waals surface area contributed by atoms with E-state index < -0.39 is 6.10 Å². The molecule has 24 heavy (non-hydrogen) atoms. The van der Waals surface area contributed by atoms with E-state index >= 15 is 0 Å². The highest BCUT2D eigenvalue weighted by Crippen LogP contribution is 2.24. The second-order valence-electron chi connectivity index (χ2n) is 5.63. The van der Waals surface area contributed by atoms with Crippen molar-refractivity contribution in [2.45, 2.75) is 12.7 Å². The molecule has 0 radical (unpaired) electrons. The van der Waals surface area contributed by atoms with Gasteiger partial charge in [0.15, 0.2) is 5.78 Å². The number of hydrogen-bond acceptors (Lipinski definition) is 3. The van der Waals surface area contributed by atoms with Gasteiger partial charge in [-0.3, -0.25) is 4.79 Å². The standard InChI is InChI=1S/C21H18O3/c22-14-15-6-4-9-17(12-15)21(24)19-11-5-10-18(13-19)20(23)16-7-2-1-3-8-16/h1-13,21-22,24H,14H2. The Morgan fingerprint density at radius 2 is 1.42 bits per heavy atom. The van der Waals surface area contributed by atoms with Crippen molar-refractivity contribution < 1.29 is 15.0 Å². The summed E-state index contributed by atoms with van der Waals surface area (Å²) in [5.74, 6) is -0.0752. The van der Waals surface area contributed by atoms with E-state index in [9.17, 15) is 15.0 Å². The lowest BCUT2D eigenvalue weighted by Gasteiger charge is -2.13. The lowest BCUT2D eigenvalue weighted by atomic mass is 9.96.